The van der Waals surface area contributed by atoms with Crippen LogP contribution in [0.2, 0.25) is 5.02 Å². The van der Waals surface area contributed by atoms with Crippen LogP contribution in [-0.2, 0) is 4.74 Å². The number of hydrogen-bond donors (Lipinski definition) is 0. The minimum atomic E-state index is -0.158. The highest BCUT2D eigenvalue weighted by Crippen LogP contribution is 2.25. The number of benzene rings is 3. The monoisotopic (exact) mass is 381 g/mol. The van der Waals surface area contributed by atoms with Crippen molar-refractivity contribution in [3.05, 3.63) is 77.3 Å². The molecule has 1 aliphatic heterocycles. The van der Waals surface area contributed by atoms with Crippen molar-refractivity contribution >= 4 is 28.3 Å². The molecule has 0 saturated carbocycles. The van der Waals surface area contributed by atoms with Gasteiger partial charge in [0.1, 0.15) is 18.5 Å². The zero-order valence-corrected chi connectivity index (χ0v) is 15.6. The van der Waals surface area contributed by atoms with Gasteiger partial charge in [-0.3, -0.25) is 4.79 Å². The molecule has 0 aliphatic carbocycles. The summed E-state index contributed by atoms with van der Waals surface area (Å²) < 4.78 is 11.8. The van der Waals surface area contributed by atoms with Crippen molar-refractivity contribution in [2.24, 2.45) is 0 Å². The van der Waals surface area contributed by atoms with Gasteiger partial charge in [-0.05, 0) is 35.7 Å². The summed E-state index contributed by atoms with van der Waals surface area (Å²) in [6, 6.07) is 21.1. The lowest BCUT2D eigenvalue weighted by Gasteiger charge is -2.33. The predicted molar refractivity (Wildman–Crippen MR) is 107 cm³/mol. The number of amides is 1. The smallest absolute Gasteiger partial charge is 0.254 e. The van der Waals surface area contributed by atoms with E-state index in [1.54, 1.807) is 24.3 Å². The Kier molecular flexibility index (Phi) is 5.28. The molecule has 1 saturated heterocycles. The zero-order chi connectivity index (χ0) is 18.6. The molecule has 1 aliphatic rings. The van der Waals surface area contributed by atoms with Gasteiger partial charge in [0.25, 0.3) is 5.91 Å². The SMILES string of the molecule is O=C(c1ccc(Cl)cc1)N1CCOC(COc2cccc3ccccc23)C1. The zero-order valence-electron chi connectivity index (χ0n) is 14.8. The molecule has 3 aromatic carbocycles. The molecule has 1 amide bonds. The number of ether oxygens (including phenoxy) is 2. The van der Waals surface area contributed by atoms with E-state index in [9.17, 15) is 4.79 Å². The number of carbonyl (C=O) groups is 1. The van der Waals surface area contributed by atoms with Gasteiger partial charge in [0.05, 0.1) is 13.2 Å². The molecule has 0 N–H and O–H groups in total. The van der Waals surface area contributed by atoms with E-state index in [2.05, 4.69) is 12.1 Å². The fourth-order valence-corrected chi connectivity index (χ4v) is 3.41. The standard InChI is InChI=1S/C22H20ClNO3/c23-18-10-8-17(9-11-18)22(25)24-12-13-26-19(14-24)15-27-21-7-3-5-16-4-1-2-6-20(16)21/h1-11,19H,12-15H2. The first-order valence-corrected chi connectivity index (χ1v) is 9.35. The van der Waals surface area contributed by atoms with E-state index in [1.165, 1.54) is 0 Å². The minimum Gasteiger partial charge on any atom is -0.490 e. The molecule has 1 heterocycles. The van der Waals surface area contributed by atoms with Gasteiger partial charge in [-0.15, -0.1) is 0 Å². The van der Waals surface area contributed by atoms with Crippen molar-refractivity contribution in [1.82, 2.24) is 4.90 Å². The number of carbonyl (C=O) groups excluding carboxylic acids is 1. The van der Waals surface area contributed by atoms with Gasteiger partial charge in [-0.1, -0.05) is 48.0 Å². The van der Waals surface area contributed by atoms with Gasteiger partial charge in [0, 0.05) is 22.5 Å². The van der Waals surface area contributed by atoms with Gasteiger partial charge in [0.15, 0.2) is 0 Å². The lowest BCUT2D eigenvalue weighted by atomic mass is 10.1. The third kappa shape index (κ3) is 4.07. The summed E-state index contributed by atoms with van der Waals surface area (Å²) in [6.07, 6.45) is -0.158. The summed E-state index contributed by atoms with van der Waals surface area (Å²) in [6.45, 7) is 1.99. The quantitative estimate of drug-likeness (QED) is 0.671. The molecular formula is C22H20ClNO3. The van der Waals surface area contributed by atoms with Crippen LogP contribution in [0.5, 0.6) is 5.75 Å². The number of halogens is 1. The van der Waals surface area contributed by atoms with Crippen LogP contribution < -0.4 is 4.74 Å². The number of nitrogens with zero attached hydrogens (tertiary/aromatic N) is 1. The summed E-state index contributed by atoms with van der Waals surface area (Å²) in [7, 11) is 0. The van der Waals surface area contributed by atoms with Gasteiger partial charge in [-0.2, -0.15) is 0 Å². The molecule has 1 fully saturated rings. The third-order valence-electron chi connectivity index (χ3n) is 4.69. The van der Waals surface area contributed by atoms with Gasteiger partial charge in [0.2, 0.25) is 0 Å². The van der Waals surface area contributed by atoms with Crippen LogP contribution in [0, 0.1) is 0 Å². The lowest BCUT2D eigenvalue weighted by Crippen LogP contribution is -2.47. The maximum absolute atomic E-state index is 12.7. The Morgan fingerprint density at radius 1 is 1.07 bits per heavy atom. The Morgan fingerprint density at radius 2 is 1.85 bits per heavy atom. The normalized spacial score (nSPS) is 17.1. The Morgan fingerprint density at radius 3 is 2.70 bits per heavy atom. The second-order valence-corrected chi connectivity index (χ2v) is 6.98. The lowest BCUT2D eigenvalue weighted by molar-refractivity contribution is -0.0399. The molecule has 0 aromatic heterocycles. The van der Waals surface area contributed by atoms with Gasteiger partial charge < -0.3 is 14.4 Å². The van der Waals surface area contributed by atoms with Crippen LogP contribution in [0.25, 0.3) is 10.8 Å². The molecular weight excluding hydrogens is 362 g/mol. The molecule has 4 rings (SSSR count). The fourth-order valence-electron chi connectivity index (χ4n) is 3.28. The molecule has 27 heavy (non-hydrogen) atoms. The highest BCUT2D eigenvalue weighted by molar-refractivity contribution is 6.30. The van der Waals surface area contributed by atoms with Gasteiger partial charge in [-0.25, -0.2) is 0 Å². The highest BCUT2D eigenvalue weighted by atomic mass is 35.5. The van der Waals surface area contributed by atoms with Crippen molar-refractivity contribution in [1.29, 1.82) is 0 Å². The van der Waals surface area contributed by atoms with Crippen molar-refractivity contribution in [3.8, 4) is 5.75 Å². The second kappa shape index (κ2) is 7.99. The molecule has 1 unspecified atom stereocenters. The van der Waals surface area contributed by atoms with E-state index in [0.717, 1.165) is 16.5 Å². The van der Waals surface area contributed by atoms with Gasteiger partial charge >= 0.3 is 0 Å². The van der Waals surface area contributed by atoms with Crippen LogP contribution in [0.4, 0.5) is 0 Å². The Balaban J connectivity index is 1.41. The molecule has 0 radical (unpaired) electrons. The predicted octanol–water partition coefficient (Wildman–Crippen LogP) is 4.41. The van der Waals surface area contributed by atoms with Crippen LogP contribution >= 0.6 is 11.6 Å². The first-order valence-electron chi connectivity index (χ1n) is 8.98. The number of rotatable bonds is 4. The van der Waals surface area contributed by atoms with Crippen LogP contribution in [0.1, 0.15) is 10.4 Å². The maximum atomic E-state index is 12.7. The minimum absolute atomic E-state index is 0.00914. The van der Waals surface area contributed by atoms with Crippen molar-refractivity contribution in [2.45, 2.75) is 6.10 Å². The molecule has 3 aromatic rings. The number of fused-ring (bicyclic) bond motifs is 1. The average Bonchev–Trinajstić information content (AvgIpc) is 2.72. The average molecular weight is 382 g/mol. The first-order chi connectivity index (χ1) is 13.2. The van der Waals surface area contributed by atoms with E-state index in [-0.39, 0.29) is 12.0 Å². The van der Waals surface area contributed by atoms with E-state index in [4.69, 9.17) is 21.1 Å². The molecule has 0 spiro atoms. The van der Waals surface area contributed by atoms with Crippen molar-refractivity contribution in [2.75, 3.05) is 26.3 Å². The fraction of sp³-hybridized carbons (Fsp3) is 0.227. The number of morpholine rings is 1. The molecule has 1 atom stereocenters. The van der Waals surface area contributed by atoms with E-state index < -0.39 is 0 Å². The van der Waals surface area contributed by atoms with E-state index in [1.807, 2.05) is 35.2 Å². The topological polar surface area (TPSA) is 38.8 Å². The van der Waals surface area contributed by atoms with Crippen molar-refractivity contribution < 1.29 is 14.3 Å². The van der Waals surface area contributed by atoms with E-state index >= 15 is 0 Å². The number of hydrogen-bond acceptors (Lipinski definition) is 3. The largest absolute Gasteiger partial charge is 0.490 e. The van der Waals surface area contributed by atoms with Crippen LogP contribution in [0.3, 0.4) is 0 Å². The summed E-state index contributed by atoms with van der Waals surface area (Å²) >= 11 is 5.90. The molecule has 4 nitrogen and oxygen atoms in total. The molecule has 0 bridgehead atoms. The van der Waals surface area contributed by atoms with Crippen molar-refractivity contribution in [3.63, 3.8) is 0 Å². The Labute approximate surface area is 163 Å². The Hall–Kier alpha value is -2.56. The van der Waals surface area contributed by atoms with Crippen LogP contribution in [-0.4, -0.2) is 43.2 Å². The molecule has 5 heteroatoms. The Bertz CT molecular complexity index is 936. The summed E-state index contributed by atoms with van der Waals surface area (Å²) in [5.41, 5.74) is 0.634. The highest BCUT2D eigenvalue weighted by Gasteiger charge is 2.25. The third-order valence-corrected chi connectivity index (χ3v) is 4.94. The summed E-state index contributed by atoms with van der Waals surface area (Å²) in [5, 5.41) is 2.83. The first kappa shape index (κ1) is 17.8. The summed E-state index contributed by atoms with van der Waals surface area (Å²) in [4.78, 5) is 14.5. The summed E-state index contributed by atoms with van der Waals surface area (Å²) in [5.74, 6) is 0.822. The van der Waals surface area contributed by atoms with Crippen LogP contribution in [0.15, 0.2) is 66.7 Å². The van der Waals surface area contributed by atoms with E-state index in [0.29, 0.717) is 36.9 Å². The molecule has 138 valence electrons. The maximum Gasteiger partial charge on any atom is 0.254 e. The second-order valence-electron chi connectivity index (χ2n) is 6.54.